The van der Waals surface area contributed by atoms with Gasteiger partial charge in [0, 0.05) is 12.0 Å². The Bertz CT molecular complexity index is 871. The fraction of sp³-hybridized carbons (Fsp3) is 0.500. The van der Waals surface area contributed by atoms with Crippen molar-refractivity contribution in [2.24, 2.45) is 5.92 Å². The standard InChI is InChI=1S/C16H18N2O4S2/c19-16(18-11-4-5-24(20,21)8-11)10-6-12(7-10)22-13-2-1-3-14-15(13)17-9-23-14/h1-3,9-12H,4-8H2,(H,18,19). The average molecular weight is 366 g/mol. The van der Waals surface area contributed by atoms with E-state index in [4.69, 9.17) is 4.74 Å². The third kappa shape index (κ3) is 3.12. The Labute approximate surface area is 144 Å². The Morgan fingerprint density at radius 1 is 1.33 bits per heavy atom. The van der Waals surface area contributed by atoms with Crippen molar-refractivity contribution >= 4 is 37.3 Å². The minimum atomic E-state index is -2.97. The molecule has 1 aromatic carbocycles. The molecule has 1 aromatic heterocycles. The maximum Gasteiger partial charge on any atom is 0.223 e. The van der Waals surface area contributed by atoms with Crippen LogP contribution in [0.25, 0.3) is 10.2 Å². The maximum atomic E-state index is 12.2. The summed E-state index contributed by atoms with van der Waals surface area (Å²) in [6.07, 6.45) is 1.85. The van der Waals surface area contributed by atoms with Gasteiger partial charge in [-0.15, -0.1) is 11.3 Å². The second-order valence-corrected chi connectivity index (χ2v) is 9.59. The molecule has 8 heteroatoms. The smallest absolute Gasteiger partial charge is 0.223 e. The van der Waals surface area contributed by atoms with Gasteiger partial charge in [0.15, 0.2) is 9.84 Å². The molecule has 1 saturated carbocycles. The zero-order valence-electron chi connectivity index (χ0n) is 13.0. The fourth-order valence-corrected chi connectivity index (χ4v) is 5.61. The molecule has 0 bridgehead atoms. The van der Waals surface area contributed by atoms with Crippen molar-refractivity contribution in [2.45, 2.75) is 31.4 Å². The molecular formula is C16H18N2O4S2. The highest BCUT2D eigenvalue weighted by Gasteiger charge is 2.38. The van der Waals surface area contributed by atoms with Crippen LogP contribution in [0.4, 0.5) is 0 Å². The van der Waals surface area contributed by atoms with Gasteiger partial charge in [0.1, 0.15) is 17.4 Å². The summed E-state index contributed by atoms with van der Waals surface area (Å²) < 4.78 is 29.9. The number of ether oxygens (including phenoxy) is 1. The van der Waals surface area contributed by atoms with Crippen LogP contribution in [0.15, 0.2) is 23.7 Å². The molecule has 2 fully saturated rings. The summed E-state index contributed by atoms with van der Waals surface area (Å²) in [5.41, 5.74) is 2.66. The quantitative estimate of drug-likeness (QED) is 0.891. The number of thiazole rings is 1. The predicted molar refractivity (Wildman–Crippen MR) is 92.0 cm³/mol. The van der Waals surface area contributed by atoms with Crippen molar-refractivity contribution < 1.29 is 17.9 Å². The third-order valence-electron chi connectivity index (χ3n) is 4.66. The molecule has 0 radical (unpaired) electrons. The van der Waals surface area contributed by atoms with E-state index < -0.39 is 9.84 Å². The molecule has 2 aliphatic rings. The zero-order valence-corrected chi connectivity index (χ0v) is 14.6. The van der Waals surface area contributed by atoms with Crippen molar-refractivity contribution in [2.75, 3.05) is 11.5 Å². The molecule has 4 rings (SSSR count). The summed E-state index contributed by atoms with van der Waals surface area (Å²) in [6.45, 7) is 0. The van der Waals surface area contributed by atoms with Gasteiger partial charge < -0.3 is 10.1 Å². The monoisotopic (exact) mass is 366 g/mol. The first kappa shape index (κ1) is 15.8. The Balaban J connectivity index is 1.30. The van der Waals surface area contributed by atoms with Crippen LogP contribution in [-0.2, 0) is 14.6 Å². The molecule has 6 nitrogen and oxygen atoms in total. The molecular weight excluding hydrogens is 348 g/mol. The van der Waals surface area contributed by atoms with Crippen LogP contribution in [-0.4, -0.2) is 43.0 Å². The number of carbonyl (C=O) groups is 1. The molecule has 1 aliphatic heterocycles. The van der Waals surface area contributed by atoms with Gasteiger partial charge in [-0.1, -0.05) is 6.07 Å². The number of para-hydroxylation sites is 1. The average Bonchev–Trinajstić information content (AvgIpc) is 3.08. The highest BCUT2D eigenvalue weighted by Crippen LogP contribution is 2.35. The predicted octanol–water partition coefficient (Wildman–Crippen LogP) is 1.76. The lowest BCUT2D eigenvalue weighted by Gasteiger charge is -2.34. The lowest BCUT2D eigenvalue weighted by molar-refractivity contribution is -0.131. The first-order valence-electron chi connectivity index (χ1n) is 8.00. The summed E-state index contributed by atoms with van der Waals surface area (Å²) in [4.78, 5) is 16.5. The van der Waals surface area contributed by atoms with Crippen molar-refractivity contribution in [3.63, 3.8) is 0 Å². The van der Waals surface area contributed by atoms with E-state index in [-0.39, 0.29) is 35.5 Å². The van der Waals surface area contributed by atoms with Crippen LogP contribution in [0.5, 0.6) is 5.75 Å². The number of nitrogens with zero attached hydrogens (tertiary/aromatic N) is 1. The molecule has 24 heavy (non-hydrogen) atoms. The van der Waals surface area contributed by atoms with Crippen LogP contribution < -0.4 is 10.1 Å². The number of aromatic nitrogens is 1. The molecule has 2 aromatic rings. The van der Waals surface area contributed by atoms with E-state index in [9.17, 15) is 13.2 Å². The van der Waals surface area contributed by atoms with Gasteiger partial charge in [-0.2, -0.15) is 0 Å². The zero-order chi connectivity index (χ0) is 16.7. The lowest BCUT2D eigenvalue weighted by Crippen LogP contribution is -2.47. The van der Waals surface area contributed by atoms with E-state index in [1.165, 1.54) is 0 Å². The normalized spacial score (nSPS) is 28.4. The molecule has 1 amide bonds. The minimum Gasteiger partial charge on any atom is -0.488 e. The van der Waals surface area contributed by atoms with E-state index >= 15 is 0 Å². The van der Waals surface area contributed by atoms with Crippen LogP contribution in [0.3, 0.4) is 0 Å². The van der Waals surface area contributed by atoms with E-state index in [0.717, 1.165) is 16.0 Å². The van der Waals surface area contributed by atoms with Gasteiger partial charge in [-0.25, -0.2) is 13.4 Å². The first-order valence-corrected chi connectivity index (χ1v) is 10.7. The van der Waals surface area contributed by atoms with E-state index in [1.807, 2.05) is 18.2 Å². The van der Waals surface area contributed by atoms with Crippen molar-refractivity contribution in [1.29, 1.82) is 0 Å². The lowest BCUT2D eigenvalue weighted by atomic mass is 9.81. The molecule has 0 spiro atoms. The molecule has 2 heterocycles. The molecule has 1 saturated heterocycles. The number of benzene rings is 1. The Hall–Kier alpha value is -1.67. The first-order chi connectivity index (χ1) is 11.5. The number of sulfone groups is 1. The van der Waals surface area contributed by atoms with Gasteiger partial charge in [-0.3, -0.25) is 4.79 Å². The third-order valence-corrected chi connectivity index (χ3v) is 7.22. The highest BCUT2D eigenvalue weighted by atomic mass is 32.2. The fourth-order valence-electron chi connectivity index (χ4n) is 3.24. The summed E-state index contributed by atoms with van der Waals surface area (Å²) in [7, 11) is -2.97. The van der Waals surface area contributed by atoms with Gasteiger partial charge >= 0.3 is 0 Å². The molecule has 1 aliphatic carbocycles. The molecule has 128 valence electrons. The number of rotatable bonds is 4. The number of hydrogen-bond donors (Lipinski definition) is 1. The number of carbonyl (C=O) groups excluding carboxylic acids is 1. The Morgan fingerprint density at radius 3 is 2.92 bits per heavy atom. The van der Waals surface area contributed by atoms with E-state index in [1.54, 1.807) is 16.8 Å². The number of fused-ring (bicyclic) bond motifs is 1. The van der Waals surface area contributed by atoms with Gasteiger partial charge in [0.25, 0.3) is 0 Å². The molecule has 1 atom stereocenters. The Morgan fingerprint density at radius 2 is 2.17 bits per heavy atom. The van der Waals surface area contributed by atoms with Crippen molar-refractivity contribution in [1.82, 2.24) is 10.3 Å². The van der Waals surface area contributed by atoms with E-state index in [2.05, 4.69) is 10.3 Å². The Kier molecular flexibility index (Phi) is 3.96. The highest BCUT2D eigenvalue weighted by molar-refractivity contribution is 7.91. The SMILES string of the molecule is O=C(NC1CCS(=O)(=O)C1)C1CC(Oc2cccc3scnc23)C1. The molecule has 1 N–H and O–H groups in total. The minimum absolute atomic E-state index is 0.0142. The van der Waals surface area contributed by atoms with Crippen molar-refractivity contribution in [3.8, 4) is 5.75 Å². The van der Waals surface area contributed by atoms with Gasteiger partial charge in [0.2, 0.25) is 5.91 Å². The largest absolute Gasteiger partial charge is 0.488 e. The number of amides is 1. The van der Waals surface area contributed by atoms with E-state index in [0.29, 0.717) is 19.3 Å². The maximum absolute atomic E-state index is 12.2. The number of hydrogen-bond acceptors (Lipinski definition) is 6. The summed E-state index contributed by atoms with van der Waals surface area (Å²) >= 11 is 1.57. The summed E-state index contributed by atoms with van der Waals surface area (Å²) in [5, 5.41) is 2.86. The van der Waals surface area contributed by atoms with Crippen LogP contribution >= 0.6 is 11.3 Å². The summed E-state index contributed by atoms with van der Waals surface area (Å²) in [5.74, 6) is 0.861. The topological polar surface area (TPSA) is 85.4 Å². The van der Waals surface area contributed by atoms with Crippen LogP contribution in [0.2, 0.25) is 0 Å². The van der Waals surface area contributed by atoms with Crippen LogP contribution in [0, 0.1) is 5.92 Å². The number of nitrogens with one attached hydrogen (secondary N) is 1. The van der Waals surface area contributed by atoms with Crippen LogP contribution in [0.1, 0.15) is 19.3 Å². The van der Waals surface area contributed by atoms with Gasteiger partial charge in [-0.05, 0) is 31.4 Å². The molecule has 1 unspecified atom stereocenters. The van der Waals surface area contributed by atoms with Gasteiger partial charge in [0.05, 0.1) is 21.7 Å². The van der Waals surface area contributed by atoms with Crippen molar-refractivity contribution in [3.05, 3.63) is 23.7 Å². The summed E-state index contributed by atoms with van der Waals surface area (Å²) in [6, 6.07) is 5.62. The second-order valence-electron chi connectivity index (χ2n) is 6.47. The second kappa shape index (κ2) is 6.00.